The normalized spacial score (nSPS) is 13.5. The van der Waals surface area contributed by atoms with Gasteiger partial charge in [-0.25, -0.2) is 4.79 Å². The Kier molecular flexibility index (Phi) is 6.10. The highest BCUT2D eigenvalue weighted by atomic mass is 32.1. The largest absolute Gasteiger partial charge is 0.444 e. The van der Waals surface area contributed by atoms with Crippen molar-refractivity contribution < 1.29 is 9.53 Å². The summed E-state index contributed by atoms with van der Waals surface area (Å²) in [4.78, 5) is 13.3. The Morgan fingerprint density at radius 1 is 1.47 bits per heavy atom. The fraction of sp³-hybridized carbons (Fsp3) is 0.909. The van der Waals surface area contributed by atoms with Gasteiger partial charge in [0.2, 0.25) is 0 Å². The number of amides is 1. The van der Waals surface area contributed by atoms with Crippen LogP contribution in [-0.2, 0) is 4.74 Å². The van der Waals surface area contributed by atoms with Crippen LogP contribution in [0.3, 0.4) is 0 Å². The van der Waals surface area contributed by atoms with Crippen molar-refractivity contribution in [3.05, 3.63) is 0 Å². The molecule has 0 aromatic rings. The van der Waals surface area contributed by atoms with Gasteiger partial charge < -0.3 is 9.64 Å². The van der Waals surface area contributed by atoms with Crippen LogP contribution in [-0.4, -0.2) is 35.4 Å². The molecule has 1 amide bonds. The number of hydrogen-bond acceptors (Lipinski definition) is 3. The van der Waals surface area contributed by atoms with Gasteiger partial charge in [0, 0.05) is 13.1 Å². The maximum Gasteiger partial charge on any atom is 0.410 e. The van der Waals surface area contributed by atoms with Crippen molar-refractivity contribution >= 4 is 18.7 Å². The number of nitrogens with zero attached hydrogens (tertiary/aromatic N) is 1. The van der Waals surface area contributed by atoms with Gasteiger partial charge in [0.05, 0.1) is 0 Å². The van der Waals surface area contributed by atoms with Crippen molar-refractivity contribution in [2.45, 2.75) is 52.2 Å². The smallest absolute Gasteiger partial charge is 0.410 e. The number of ether oxygens (including phenoxy) is 1. The van der Waals surface area contributed by atoms with Gasteiger partial charge in [-0.1, -0.05) is 0 Å². The second-order valence-electron chi connectivity index (χ2n) is 4.81. The lowest BCUT2D eigenvalue weighted by Gasteiger charge is -2.28. The fourth-order valence-electron chi connectivity index (χ4n) is 1.09. The molecule has 0 saturated carbocycles. The van der Waals surface area contributed by atoms with Crippen LogP contribution in [0, 0.1) is 0 Å². The first kappa shape index (κ1) is 14.6. The standard InChI is InChI=1S/C11H23NO2S/c1-9(7-6-8-15)12(5)10(13)14-11(2,3)4/h9,15H,6-8H2,1-5H3. The number of rotatable bonds is 4. The van der Waals surface area contributed by atoms with Gasteiger partial charge in [0.1, 0.15) is 5.60 Å². The third-order valence-corrected chi connectivity index (χ3v) is 2.44. The van der Waals surface area contributed by atoms with E-state index >= 15 is 0 Å². The van der Waals surface area contributed by atoms with Gasteiger partial charge in [0.15, 0.2) is 0 Å². The fourth-order valence-corrected chi connectivity index (χ4v) is 1.28. The Morgan fingerprint density at radius 2 is 2.00 bits per heavy atom. The summed E-state index contributed by atoms with van der Waals surface area (Å²) in [5, 5.41) is 0. The van der Waals surface area contributed by atoms with Crippen molar-refractivity contribution in [1.29, 1.82) is 0 Å². The number of carbonyl (C=O) groups is 1. The Hall–Kier alpha value is -0.380. The minimum absolute atomic E-state index is 0.201. The van der Waals surface area contributed by atoms with Crippen molar-refractivity contribution in [3.63, 3.8) is 0 Å². The van der Waals surface area contributed by atoms with E-state index in [1.54, 1.807) is 11.9 Å². The van der Waals surface area contributed by atoms with E-state index < -0.39 is 5.60 Å². The molecule has 0 aliphatic rings. The first-order valence-corrected chi connectivity index (χ1v) is 5.98. The molecule has 0 aromatic heterocycles. The highest BCUT2D eigenvalue weighted by molar-refractivity contribution is 7.80. The van der Waals surface area contributed by atoms with E-state index in [4.69, 9.17) is 4.74 Å². The van der Waals surface area contributed by atoms with Crippen molar-refractivity contribution in [3.8, 4) is 0 Å². The summed E-state index contributed by atoms with van der Waals surface area (Å²) < 4.78 is 5.27. The average Bonchev–Trinajstić information content (AvgIpc) is 2.10. The number of carbonyl (C=O) groups excluding carboxylic acids is 1. The van der Waals surface area contributed by atoms with Crippen molar-refractivity contribution in [2.24, 2.45) is 0 Å². The molecule has 0 N–H and O–H groups in total. The van der Waals surface area contributed by atoms with Gasteiger partial charge >= 0.3 is 6.09 Å². The molecule has 0 aliphatic carbocycles. The molecule has 0 aromatic carbocycles. The molecule has 15 heavy (non-hydrogen) atoms. The van der Waals surface area contributed by atoms with Crippen LogP contribution in [0.1, 0.15) is 40.5 Å². The van der Waals surface area contributed by atoms with Crippen LogP contribution in [0.15, 0.2) is 0 Å². The first-order valence-electron chi connectivity index (χ1n) is 5.34. The molecule has 3 nitrogen and oxygen atoms in total. The first-order chi connectivity index (χ1) is 6.78. The average molecular weight is 233 g/mol. The molecule has 0 fully saturated rings. The van der Waals surface area contributed by atoms with E-state index in [9.17, 15) is 4.79 Å². The lowest BCUT2D eigenvalue weighted by molar-refractivity contribution is 0.0229. The monoisotopic (exact) mass is 233 g/mol. The van der Waals surface area contributed by atoms with Crippen LogP contribution < -0.4 is 0 Å². The zero-order chi connectivity index (χ0) is 12.1. The molecule has 0 spiro atoms. The minimum Gasteiger partial charge on any atom is -0.444 e. The maximum atomic E-state index is 11.6. The zero-order valence-corrected chi connectivity index (χ0v) is 11.3. The Balaban J connectivity index is 4.08. The summed E-state index contributed by atoms with van der Waals surface area (Å²) in [6, 6.07) is 0.201. The molecule has 1 atom stereocenters. The molecule has 0 heterocycles. The molecular formula is C11H23NO2S. The second-order valence-corrected chi connectivity index (χ2v) is 5.25. The van der Waals surface area contributed by atoms with Crippen LogP contribution in [0.4, 0.5) is 4.79 Å². The summed E-state index contributed by atoms with van der Waals surface area (Å²) in [7, 11) is 1.78. The highest BCUT2D eigenvalue weighted by Gasteiger charge is 2.22. The molecule has 0 bridgehead atoms. The van der Waals surface area contributed by atoms with Gasteiger partial charge in [-0.15, -0.1) is 0 Å². The summed E-state index contributed by atoms with van der Waals surface area (Å²) in [5.74, 6) is 0.854. The molecule has 90 valence electrons. The highest BCUT2D eigenvalue weighted by Crippen LogP contribution is 2.12. The number of hydrogen-bond donors (Lipinski definition) is 1. The molecule has 1 unspecified atom stereocenters. The topological polar surface area (TPSA) is 29.5 Å². The third-order valence-electron chi connectivity index (χ3n) is 2.12. The molecule has 0 rings (SSSR count). The summed E-state index contributed by atoms with van der Waals surface area (Å²) in [5.41, 5.74) is -0.422. The lowest BCUT2D eigenvalue weighted by atomic mass is 10.2. The van der Waals surface area contributed by atoms with Gasteiger partial charge in [-0.3, -0.25) is 0 Å². The predicted molar refractivity (Wildman–Crippen MR) is 66.5 cm³/mol. The van der Waals surface area contributed by atoms with Crippen LogP contribution in [0.2, 0.25) is 0 Å². The molecule has 0 radical (unpaired) electrons. The van der Waals surface area contributed by atoms with Gasteiger partial charge in [0.25, 0.3) is 0 Å². The van der Waals surface area contributed by atoms with E-state index in [1.807, 2.05) is 27.7 Å². The summed E-state index contributed by atoms with van der Waals surface area (Å²) >= 11 is 4.15. The second kappa shape index (κ2) is 6.26. The predicted octanol–water partition coefficient (Wildman–Crippen LogP) is 2.95. The lowest BCUT2D eigenvalue weighted by Crippen LogP contribution is -2.39. The van der Waals surface area contributed by atoms with Crippen LogP contribution >= 0.6 is 12.6 Å². The Labute approximate surface area is 98.6 Å². The Morgan fingerprint density at radius 3 is 2.40 bits per heavy atom. The van der Waals surface area contributed by atoms with Crippen LogP contribution in [0.25, 0.3) is 0 Å². The van der Waals surface area contributed by atoms with E-state index in [0.29, 0.717) is 0 Å². The third kappa shape index (κ3) is 6.66. The zero-order valence-electron chi connectivity index (χ0n) is 10.4. The van der Waals surface area contributed by atoms with E-state index in [-0.39, 0.29) is 12.1 Å². The van der Waals surface area contributed by atoms with Gasteiger partial charge in [-0.2, -0.15) is 12.6 Å². The minimum atomic E-state index is -0.422. The van der Waals surface area contributed by atoms with Crippen LogP contribution in [0.5, 0.6) is 0 Å². The SMILES string of the molecule is CC(CCCS)N(C)C(=O)OC(C)(C)C. The van der Waals surface area contributed by atoms with Crippen molar-refractivity contribution in [2.75, 3.05) is 12.8 Å². The molecular weight excluding hydrogens is 210 g/mol. The van der Waals surface area contributed by atoms with Gasteiger partial charge in [-0.05, 0) is 46.3 Å². The molecule has 4 heteroatoms. The summed E-state index contributed by atoms with van der Waals surface area (Å²) in [6.45, 7) is 7.64. The van der Waals surface area contributed by atoms with E-state index in [1.165, 1.54) is 0 Å². The van der Waals surface area contributed by atoms with E-state index in [0.717, 1.165) is 18.6 Å². The number of thiol groups is 1. The molecule has 0 aliphatic heterocycles. The van der Waals surface area contributed by atoms with Crippen molar-refractivity contribution in [1.82, 2.24) is 4.90 Å². The summed E-state index contributed by atoms with van der Waals surface area (Å²) in [6.07, 6.45) is 1.71. The maximum absolute atomic E-state index is 11.6. The Bertz CT molecular complexity index is 201. The van der Waals surface area contributed by atoms with E-state index in [2.05, 4.69) is 12.6 Å². The molecule has 0 saturated heterocycles. The quantitative estimate of drug-likeness (QED) is 0.757.